The van der Waals surface area contributed by atoms with Gasteiger partial charge in [0.15, 0.2) is 0 Å². The number of nitrogens with two attached hydrogens (primary N) is 1. The van der Waals surface area contributed by atoms with E-state index in [1.165, 1.54) is 26.1 Å². The molecule has 1 atom stereocenters. The Morgan fingerprint density at radius 1 is 1.05 bits per heavy atom. The van der Waals surface area contributed by atoms with E-state index in [-0.39, 0.29) is 5.54 Å². The standard InChI is InChI=1S/C16H35N3/c1-13(2)9-19(10-14(3)4)16(11-17)7-8-18(12-16)15(5)6/h13-15H,7-12,17H2,1-6H3. The molecule has 0 aliphatic carbocycles. The first-order valence-corrected chi connectivity index (χ1v) is 8.00. The zero-order valence-electron chi connectivity index (χ0n) is 13.9. The molecule has 1 rings (SSSR count). The summed E-state index contributed by atoms with van der Waals surface area (Å²) in [5.41, 5.74) is 6.42. The third-order valence-electron chi connectivity index (χ3n) is 4.31. The fraction of sp³-hybridized carbons (Fsp3) is 1.00. The summed E-state index contributed by atoms with van der Waals surface area (Å²) < 4.78 is 0. The highest BCUT2D eigenvalue weighted by Crippen LogP contribution is 2.30. The summed E-state index contributed by atoms with van der Waals surface area (Å²) in [4.78, 5) is 5.27. The second-order valence-corrected chi connectivity index (χ2v) is 7.44. The number of hydrogen-bond acceptors (Lipinski definition) is 3. The second kappa shape index (κ2) is 7.05. The van der Waals surface area contributed by atoms with Crippen LogP contribution in [0.3, 0.4) is 0 Å². The molecule has 1 fully saturated rings. The van der Waals surface area contributed by atoms with Gasteiger partial charge in [0.05, 0.1) is 0 Å². The Labute approximate surface area is 120 Å². The van der Waals surface area contributed by atoms with Crippen LogP contribution in [-0.4, -0.2) is 54.1 Å². The summed E-state index contributed by atoms with van der Waals surface area (Å²) in [6, 6.07) is 0.633. The van der Waals surface area contributed by atoms with E-state index in [2.05, 4.69) is 51.3 Å². The minimum absolute atomic E-state index is 0.207. The summed E-state index contributed by atoms with van der Waals surface area (Å²) in [7, 11) is 0. The molecule has 0 aromatic rings. The van der Waals surface area contributed by atoms with Crippen LogP contribution in [0.2, 0.25) is 0 Å². The topological polar surface area (TPSA) is 32.5 Å². The normalized spacial score (nSPS) is 25.4. The van der Waals surface area contributed by atoms with Crippen molar-refractivity contribution in [2.24, 2.45) is 17.6 Å². The molecule has 0 amide bonds. The first kappa shape index (κ1) is 16.9. The van der Waals surface area contributed by atoms with E-state index in [0.29, 0.717) is 17.9 Å². The molecule has 1 unspecified atom stereocenters. The number of rotatable bonds is 7. The van der Waals surface area contributed by atoms with Crippen molar-refractivity contribution in [3.63, 3.8) is 0 Å². The van der Waals surface area contributed by atoms with Gasteiger partial charge in [-0.15, -0.1) is 0 Å². The maximum atomic E-state index is 6.22. The van der Waals surface area contributed by atoms with Gasteiger partial charge in [0, 0.05) is 44.3 Å². The fourth-order valence-corrected chi connectivity index (χ4v) is 3.23. The average Bonchev–Trinajstić information content (AvgIpc) is 2.72. The largest absolute Gasteiger partial charge is 0.329 e. The lowest BCUT2D eigenvalue weighted by molar-refractivity contribution is 0.0696. The maximum absolute atomic E-state index is 6.22. The third kappa shape index (κ3) is 4.44. The van der Waals surface area contributed by atoms with Gasteiger partial charge in [-0.3, -0.25) is 9.80 Å². The molecule has 0 aromatic carbocycles. The lowest BCUT2D eigenvalue weighted by atomic mass is 9.93. The zero-order chi connectivity index (χ0) is 14.6. The van der Waals surface area contributed by atoms with Crippen molar-refractivity contribution in [2.75, 3.05) is 32.7 Å². The van der Waals surface area contributed by atoms with Crippen molar-refractivity contribution >= 4 is 0 Å². The molecular weight excluding hydrogens is 234 g/mol. The van der Waals surface area contributed by atoms with Crippen LogP contribution in [0.4, 0.5) is 0 Å². The molecule has 0 saturated carbocycles. The van der Waals surface area contributed by atoms with Gasteiger partial charge in [0.2, 0.25) is 0 Å². The van der Waals surface area contributed by atoms with E-state index in [9.17, 15) is 0 Å². The van der Waals surface area contributed by atoms with Crippen molar-refractivity contribution in [2.45, 2.75) is 59.5 Å². The Balaban J connectivity index is 2.83. The summed E-state index contributed by atoms with van der Waals surface area (Å²) in [5.74, 6) is 1.41. The minimum Gasteiger partial charge on any atom is -0.329 e. The van der Waals surface area contributed by atoms with Crippen LogP contribution >= 0.6 is 0 Å². The van der Waals surface area contributed by atoms with Gasteiger partial charge >= 0.3 is 0 Å². The van der Waals surface area contributed by atoms with Crippen LogP contribution in [-0.2, 0) is 0 Å². The van der Waals surface area contributed by atoms with E-state index in [0.717, 1.165) is 13.1 Å². The van der Waals surface area contributed by atoms with Gasteiger partial charge in [-0.25, -0.2) is 0 Å². The van der Waals surface area contributed by atoms with Gasteiger partial charge < -0.3 is 5.73 Å². The van der Waals surface area contributed by atoms with Crippen LogP contribution < -0.4 is 5.73 Å². The highest BCUT2D eigenvalue weighted by Gasteiger charge is 2.42. The van der Waals surface area contributed by atoms with E-state index in [4.69, 9.17) is 5.73 Å². The molecule has 2 N–H and O–H groups in total. The van der Waals surface area contributed by atoms with Crippen LogP contribution in [0.5, 0.6) is 0 Å². The molecule has 3 heteroatoms. The van der Waals surface area contributed by atoms with Crippen LogP contribution in [0.15, 0.2) is 0 Å². The quantitative estimate of drug-likeness (QED) is 0.770. The van der Waals surface area contributed by atoms with Gasteiger partial charge in [-0.05, 0) is 32.1 Å². The van der Waals surface area contributed by atoms with Crippen LogP contribution in [0, 0.1) is 11.8 Å². The van der Waals surface area contributed by atoms with Crippen molar-refractivity contribution in [1.82, 2.24) is 9.80 Å². The van der Waals surface area contributed by atoms with Gasteiger partial charge in [-0.2, -0.15) is 0 Å². The number of hydrogen-bond donors (Lipinski definition) is 1. The Morgan fingerprint density at radius 3 is 1.89 bits per heavy atom. The summed E-state index contributed by atoms with van der Waals surface area (Å²) in [5, 5.41) is 0. The number of likely N-dealkylation sites (tertiary alicyclic amines) is 1. The molecule has 1 aliphatic heterocycles. The van der Waals surface area contributed by atoms with E-state index in [1.807, 2.05) is 0 Å². The second-order valence-electron chi connectivity index (χ2n) is 7.44. The SMILES string of the molecule is CC(C)CN(CC(C)C)C1(CN)CCN(C(C)C)C1. The lowest BCUT2D eigenvalue weighted by Gasteiger charge is -2.43. The van der Waals surface area contributed by atoms with E-state index < -0.39 is 0 Å². The molecule has 0 bridgehead atoms. The Bertz CT molecular complexity index is 253. The minimum atomic E-state index is 0.207. The predicted molar refractivity (Wildman–Crippen MR) is 84.4 cm³/mol. The molecule has 1 aliphatic rings. The molecule has 1 heterocycles. The van der Waals surface area contributed by atoms with Crippen molar-refractivity contribution in [3.05, 3.63) is 0 Å². The zero-order valence-corrected chi connectivity index (χ0v) is 13.9. The molecule has 0 aromatic heterocycles. The van der Waals surface area contributed by atoms with Crippen molar-refractivity contribution in [1.29, 1.82) is 0 Å². The van der Waals surface area contributed by atoms with Crippen LogP contribution in [0.25, 0.3) is 0 Å². The lowest BCUT2D eigenvalue weighted by Crippen LogP contribution is -2.57. The van der Waals surface area contributed by atoms with Gasteiger partial charge in [-0.1, -0.05) is 27.7 Å². The predicted octanol–water partition coefficient (Wildman–Crippen LogP) is 2.41. The molecular formula is C16H35N3. The average molecular weight is 269 g/mol. The Kier molecular flexibility index (Phi) is 6.28. The molecule has 0 spiro atoms. The Morgan fingerprint density at radius 2 is 1.58 bits per heavy atom. The molecule has 1 saturated heterocycles. The highest BCUT2D eigenvalue weighted by atomic mass is 15.3. The highest BCUT2D eigenvalue weighted by molar-refractivity contribution is 5.01. The molecule has 114 valence electrons. The van der Waals surface area contributed by atoms with Gasteiger partial charge in [0.1, 0.15) is 0 Å². The maximum Gasteiger partial charge on any atom is 0.0470 e. The summed E-state index contributed by atoms with van der Waals surface area (Å²) in [6.07, 6.45) is 1.22. The van der Waals surface area contributed by atoms with Crippen LogP contribution in [0.1, 0.15) is 48.0 Å². The first-order chi connectivity index (χ1) is 8.80. The van der Waals surface area contributed by atoms with Gasteiger partial charge in [0.25, 0.3) is 0 Å². The van der Waals surface area contributed by atoms with Crippen molar-refractivity contribution in [3.8, 4) is 0 Å². The molecule has 3 nitrogen and oxygen atoms in total. The first-order valence-electron chi connectivity index (χ1n) is 8.00. The molecule has 0 radical (unpaired) electrons. The van der Waals surface area contributed by atoms with Crippen molar-refractivity contribution < 1.29 is 0 Å². The number of nitrogens with zero attached hydrogens (tertiary/aromatic N) is 2. The monoisotopic (exact) mass is 269 g/mol. The smallest absolute Gasteiger partial charge is 0.0470 e. The molecule has 19 heavy (non-hydrogen) atoms. The third-order valence-corrected chi connectivity index (χ3v) is 4.31. The fourth-order valence-electron chi connectivity index (χ4n) is 3.23. The van der Waals surface area contributed by atoms with E-state index >= 15 is 0 Å². The summed E-state index contributed by atoms with van der Waals surface area (Å²) in [6.45, 7) is 19.3. The summed E-state index contributed by atoms with van der Waals surface area (Å²) >= 11 is 0. The van der Waals surface area contributed by atoms with E-state index in [1.54, 1.807) is 0 Å². The Hall–Kier alpha value is -0.120.